The lowest BCUT2D eigenvalue weighted by Crippen LogP contribution is -2.56. The number of carbonyl (C=O) groups is 1. The molecule has 112 valence electrons. The van der Waals surface area contributed by atoms with Crippen LogP contribution in [0.15, 0.2) is 42.6 Å². The van der Waals surface area contributed by atoms with Crippen molar-refractivity contribution in [3.05, 3.63) is 59.3 Å². The zero-order valence-corrected chi connectivity index (χ0v) is 12.1. The Morgan fingerprint density at radius 2 is 1.91 bits per heavy atom. The maximum absolute atomic E-state index is 12.3. The van der Waals surface area contributed by atoms with Crippen LogP contribution in [0.5, 0.6) is 5.88 Å². The maximum atomic E-state index is 12.3. The zero-order valence-electron chi connectivity index (χ0n) is 12.1. The number of ether oxygens (including phenoxy) is 1. The van der Waals surface area contributed by atoms with Gasteiger partial charge in [-0.15, -0.1) is 0 Å². The fraction of sp³-hybridized carbons (Fsp3) is 0.176. The number of hydrogen-bond donors (Lipinski definition) is 0. The summed E-state index contributed by atoms with van der Waals surface area (Å²) in [6.45, 7) is 0.905. The molecule has 1 fully saturated rings. The van der Waals surface area contributed by atoms with Crippen LogP contribution < -0.4 is 4.74 Å². The quantitative estimate of drug-likeness (QED) is 0.861. The summed E-state index contributed by atoms with van der Waals surface area (Å²) in [5.74, 6) is 0.258. The first-order valence-corrected chi connectivity index (χ1v) is 7.02. The Morgan fingerprint density at radius 3 is 2.65 bits per heavy atom. The van der Waals surface area contributed by atoms with Gasteiger partial charge in [-0.05, 0) is 24.3 Å². The SMILES string of the molecule is N#Cc1cccc(C(=O)N2CC(Oc3cc(C#N)ccn3)C2)c1. The Balaban J connectivity index is 1.59. The van der Waals surface area contributed by atoms with E-state index in [-0.39, 0.29) is 12.0 Å². The molecule has 1 saturated heterocycles. The average Bonchev–Trinajstić information content (AvgIpc) is 2.57. The highest BCUT2D eigenvalue weighted by Gasteiger charge is 2.33. The predicted octanol–water partition coefficient (Wildman–Crippen LogP) is 1.73. The lowest BCUT2D eigenvalue weighted by atomic mass is 10.1. The summed E-state index contributed by atoms with van der Waals surface area (Å²) < 4.78 is 5.65. The Labute approximate surface area is 133 Å². The molecule has 0 spiro atoms. The number of benzene rings is 1. The molecule has 0 bridgehead atoms. The molecule has 1 aliphatic heterocycles. The van der Waals surface area contributed by atoms with Crippen molar-refractivity contribution in [2.75, 3.05) is 13.1 Å². The van der Waals surface area contributed by atoms with Crippen molar-refractivity contribution in [3.63, 3.8) is 0 Å². The molecule has 1 aliphatic rings. The van der Waals surface area contributed by atoms with E-state index in [2.05, 4.69) is 4.98 Å². The normalized spacial score (nSPS) is 13.6. The van der Waals surface area contributed by atoms with Crippen molar-refractivity contribution >= 4 is 5.91 Å². The summed E-state index contributed by atoms with van der Waals surface area (Å²) in [5.41, 5.74) is 1.43. The molecule has 0 N–H and O–H groups in total. The van der Waals surface area contributed by atoms with E-state index in [4.69, 9.17) is 15.3 Å². The fourth-order valence-corrected chi connectivity index (χ4v) is 2.30. The van der Waals surface area contributed by atoms with Crippen molar-refractivity contribution < 1.29 is 9.53 Å². The van der Waals surface area contributed by atoms with Crippen molar-refractivity contribution in [1.82, 2.24) is 9.88 Å². The molecule has 23 heavy (non-hydrogen) atoms. The van der Waals surface area contributed by atoms with Gasteiger partial charge in [0, 0.05) is 17.8 Å². The van der Waals surface area contributed by atoms with Gasteiger partial charge in [0.25, 0.3) is 5.91 Å². The summed E-state index contributed by atoms with van der Waals surface area (Å²) in [4.78, 5) is 18.0. The third kappa shape index (κ3) is 3.12. The minimum absolute atomic E-state index is 0.124. The van der Waals surface area contributed by atoms with Crippen LogP contribution in [0, 0.1) is 22.7 Å². The van der Waals surface area contributed by atoms with Crippen LogP contribution in [0.1, 0.15) is 21.5 Å². The van der Waals surface area contributed by atoms with Crippen molar-refractivity contribution in [2.45, 2.75) is 6.10 Å². The molecule has 0 saturated carbocycles. The van der Waals surface area contributed by atoms with Gasteiger partial charge in [-0.1, -0.05) is 6.07 Å². The summed E-state index contributed by atoms with van der Waals surface area (Å²) in [5, 5.41) is 17.7. The number of rotatable bonds is 3. The molecular weight excluding hydrogens is 292 g/mol. The van der Waals surface area contributed by atoms with E-state index in [9.17, 15) is 4.79 Å². The Kier molecular flexibility index (Phi) is 3.90. The minimum Gasteiger partial charge on any atom is -0.471 e. The summed E-state index contributed by atoms with van der Waals surface area (Å²) in [7, 11) is 0. The predicted molar refractivity (Wildman–Crippen MR) is 80.4 cm³/mol. The van der Waals surface area contributed by atoms with Crippen molar-refractivity contribution in [2.24, 2.45) is 0 Å². The van der Waals surface area contributed by atoms with Gasteiger partial charge in [0.1, 0.15) is 6.10 Å². The van der Waals surface area contributed by atoms with E-state index in [0.29, 0.717) is 35.7 Å². The second kappa shape index (κ2) is 6.17. The Hall–Kier alpha value is -3.38. The van der Waals surface area contributed by atoms with Crippen LogP contribution in [-0.2, 0) is 0 Å². The van der Waals surface area contributed by atoms with Crippen LogP contribution >= 0.6 is 0 Å². The Morgan fingerprint density at radius 1 is 1.17 bits per heavy atom. The van der Waals surface area contributed by atoms with Gasteiger partial charge in [0.15, 0.2) is 0 Å². The number of nitrogens with zero attached hydrogens (tertiary/aromatic N) is 4. The van der Waals surface area contributed by atoms with Gasteiger partial charge in [-0.2, -0.15) is 10.5 Å². The topological polar surface area (TPSA) is 90.0 Å². The summed E-state index contributed by atoms with van der Waals surface area (Å²) in [6.07, 6.45) is 1.38. The Bertz CT molecular complexity index is 829. The van der Waals surface area contributed by atoms with Gasteiger partial charge in [-0.25, -0.2) is 4.98 Å². The molecule has 1 aromatic carbocycles. The first kappa shape index (κ1) is 14.6. The first-order chi connectivity index (χ1) is 11.2. The van der Waals surface area contributed by atoms with E-state index in [1.54, 1.807) is 41.3 Å². The summed E-state index contributed by atoms with van der Waals surface area (Å²) >= 11 is 0. The molecular formula is C17H12N4O2. The molecule has 1 aromatic heterocycles. The van der Waals surface area contributed by atoms with Gasteiger partial charge < -0.3 is 9.64 Å². The zero-order chi connectivity index (χ0) is 16.2. The third-order valence-electron chi connectivity index (χ3n) is 3.53. The third-order valence-corrected chi connectivity index (χ3v) is 3.53. The van der Waals surface area contributed by atoms with Crippen LogP contribution in [0.25, 0.3) is 0 Å². The van der Waals surface area contributed by atoms with Crippen LogP contribution in [0.4, 0.5) is 0 Å². The number of likely N-dealkylation sites (tertiary alicyclic amines) is 1. The molecule has 0 atom stereocenters. The van der Waals surface area contributed by atoms with Gasteiger partial charge in [0.05, 0.1) is 36.4 Å². The number of pyridine rings is 1. The highest BCUT2D eigenvalue weighted by Crippen LogP contribution is 2.19. The van der Waals surface area contributed by atoms with Crippen LogP contribution in [-0.4, -0.2) is 35.0 Å². The smallest absolute Gasteiger partial charge is 0.254 e. The number of carbonyl (C=O) groups excluding carboxylic acids is 1. The van der Waals surface area contributed by atoms with Gasteiger partial charge in [0.2, 0.25) is 5.88 Å². The molecule has 0 radical (unpaired) electrons. The largest absolute Gasteiger partial charge is 0.471 e. The molecule has 0 aliphatic carbocycles. The highest BCUT2D eigenvalue weighted by molar-refractivity contribution is 5.95. The molecule has 6 nitrogen and oxygen atoms in total. The molecule has 6 heteroatoms. The molecule has 1 amide bonds. The lowest BCUT2D eigenvalue weighted by molar-refractivity contribution is 0.0160. The first-order valence-electron chi connectivity index (χ1n) is 7.02. The highest BCUT2D eigenvalue weighted by atomic mass is 16.5. The maximum Gasteiger partial charge on any atom is 0.254 e. The van der Waals surface area contributed by atoms with Crippen molar-refractivity contribution in [3.8, 4) is 18.0 Å². The standard InChI is InChI=1S/C17H12N4O2/c18-8-12-2-1-3-14(6-12)17(22)21-10-15(11-21)23-16-7-13(9-19)4-5-20-16/h1-7,15H,10-11H2. The monoisotopic (exact) mass is 304 g/mol. The van der Waals surface area contributed by atoms with Gasteiger partial charge >= 0.3 is 0 Å². The second-order valence-corrected chi connectivity index (χ2v) is 5.14. The number of nitriles is 2. The summed E-state index contributed by atoms with van der Waals surface area (Å²) in [6, 6.07) is 13.8. The molecule has 0 unspecified atom stereocenters. The number of hydrogen-bond acceptors (Lipinski definition) is 5. The van der Waals surface area contributed by atoms with E-state index in [1.807, 2.05) is 12.1 Å². The van der Waals surface area contributed by atoms with E-state index in [1.165, 1.54) is 6.20 Å². The van der Waals surface area contributed by atoms with E-state index < -0.39 is 0 Å². The van der Waals surface area contributed by atoms with Crippen LogP contribution in [0.3, 0.4) is 0 Å². The minimum atomic E-state index is -0.139. The number of aromatic nitrogens is 1. The van der Waals surface area contributed by atoms with E-state index in [0.717, 1.165) is 0 Å². The molecule has 2 heterocycles. The fourth-order valence-electron chi connectivity index (χ4n) is 2.30. The average molecular weight is 304 g/mol. The molecule has 2 aromatic rings. The number of amides is 1. The van der Waals surface area contributed by atoms with Crippen LogP contribution in [0.2, 0.25) is 0 Å². The van der Waals surface area contributed by atoms with Crippen molar-refractivity contribution in [1.29, 1.82) is 10.5 Å². The van der Waals surface area contributed by atoms with Gasteiger partial charge in [-0.3, -0.25) is 4.79 Å². The second-order valence-electron chi connectivity index (χ2n) is 5.14. The van der Waals surface area contributed by atoms with E-state index >= 15 is 0 Å². The lowest BCUT2D eigenvalue weighted by Gasteiger charge is -2.38. The molecule has 3 rings (SSSR count).